The lowest BCUT2D eigenvalue weighted by Gasteiger charge is -2.15. The number of carbonyl (C=O) groups is 2. The van der Waals surface area contributed by atoms with Gasteiger partial charge in [-0.3, -0.25) is 9.59 Å². The highest BCUT2D eigenvalue weighted by atomic mass is 16.2. The summed E-state index contributed by atoms with van der Waals surface area (Å²) in [6.45, 7) is 2.33. The molecule has 0 aromatic heterocycles. The molecule has 1 heterocycles. The fraction of sp³-hybridized carbons (Fsp3) is 0.500. The molecule has 2 amide bonds. The molecule has 2 aliphatic rings. The van der Waals surface area contributed by atoms with E-state index in [1.54, 1.807) is 11.8 Å². The first-order valence-electron chi connectivity index (χ1n) is 7.37. The van der Waals surface area contributed by atoms with Gasteiger partial charge in [0, 0.05) is 30.8 Å². The molecule has 1 N–H and O–H groups in total. The molecule has 1 saturated carbocycles. The van der Waals surface area contributed by atoms with Gasteiger partial charge in [0.25, 0.3) is 0 Å². The predicted molar refractivity (Wildman–Crippen MR) is 78.8 cm³/mol. The molecule has 1 fully saturated rings. The molecule has 1 aromatic carbocycles. The summed E-state index contributed by atoms with van der Waals surface area (Å²) in [6.07, 6.45) is 5.21. The Morgan fingerprint density at radius 2 is 2.00 bits per heavy atom. The van der Waals surface area contributed by atoms with Crippen molar-refractivity contribution >= 4 is 23.2 Å². The number of amides is 2. The van der Waals surface area contributed by atoms with Crippen LogP contribution in [0.5, 0.6) is 0 Å². The van der Waals surface area contributed by atoms with Crippen LogP contribution in [-0.2, 0) is 16.0 Å². The Balaban J connectivity index is 1.73. The van der Waals surface area contributed by atoms with Crippen molar-refractivity contribution in [3.63, 3.8) is 0 Å². The summed E-state index contributed by atoms with van der Waals surface area (Å²) in [6, 6.07) is 5.84. The van der Waals surface area contributed by atoms with E-state index in [9.17, 15) is 9.59 Å². The molecule has 1 aliphatic heterocycles. The zero-order chi connectivity index (χ0) is 14.1. The summed E-state index contributed by atoms with van der Waals surface area (Å²) in [5, 5.41) is 3.02. The van der Waals surface area contributed by atoms with Crippen LogP contribution in [-0.4, -0.2) is 18.4 Å². The van der Waals surface area contributed by atoms with E-state index >= 15 is 0 Å². The normalized spacial score (nSPS) is 18.1. The number of carbonyl (C=O) groups excluding carboxylic acids is 2. The molecule has 106 valence electrons. The number of hydrogen-bond acceptors (Lipinski definition) is 2. The Labute approximate surface area is 119 Å². The molecule has 0 atom stereocenters. The van der Waals surface area contributed by atoms with Gasteiger partial charge in [-0.2, -0.15) is 0 Å². The van der Waals surface area contributed by atoms with Crippen molar-refractivity contribution in [2.75, 3.05) is 16.8 Å². The van der Waals surface area contributed by atoms with Crippen LogP contribution >= 0.6 is 0 Å². The van der Waals surface area contributed by atoms with Crippen LogP contribution in [0.1, 0.15) is 38.2 Å². The maximum Gasteiger partial charge on any atom is 0.227 e. The molecular formula is C16H20N2O2. The van der Waals surface area contributed by atoms with Crippen molar-refractivity contribution in [1.82, 2.24) is 0 Å². The molecule has 0 saturated heterocycles. The predicted octanol–water partition coefficient (Wildman–Crippen LogP) is 2.72. The Kier molecular flexibility index (Phi) is 3.47. The molecule has 0 spiro atoms. The highest BCUT2D eigenvalue weighted by Crippen LogP contribution is 2.31. The molecule has 0 unspecified atom stereocenters. The monoisotopic (exact) mass is 272 g/mol. The van der Waals surface area contributed by atoms with Gasteiger partial charge in [0.05, 0.1) is 0 Å². The second-order valence-electron chi connectivity index (χ2n) is 5.73. The largest absolute Gasteiger partial charge is 0.326 e. The third-order valence-corrected chi connectivity index (χ3v) is 4.35. The molecule has 1 aromatic rings. The van der Waals surface area contributed by atoms with Crippen LogP contribution in [0.15, 0.2) is 18.2 Å². The molecular weight excluding hydrogens is 252 g/mol. The van der Waals surface area contributed by atoms with Crippen LogP contribution < -0.4 is 10.2 Å². The average Bonchev–Trinajstić information content (AvgIpc) is 3.07. The first-order chi connectivity index (χ1) is 9.65. The third-order valence-electron chi connectivity index (χ3n) is 4.35. The quantitative estimate of drug-likeness (QED) is 0.900. The Morgan fingerprint density at radius 3 is 2.70 bits per heavy atom. The van der Waals surface area contributed by atoms with Crippen molar-refractivity contribution in [1.29, 1.82) is 0 Å². The lowest BCUT2D eigenvalue weighted by molar-refractivity contribution is -0.119. The second-order valence-corrected chi connectivity index (χ2v) is 5.73. The third kappa shape index (κ3) is 2.42. The van der Waals surface area contributed by atoms with E-state index < -0.39 is 0 Å². The number of benzene rings is 1. The van der Waals surface area contributed by atoms with Crippen molar-refractivity contribution in [2.45, 2.75) is 39.0 Å². The SMILES string of the molecule is CC(=O)N1CCc2cc(NC(=O)C3CCCC3)ccc21. The summed E-state index contributed by atoms with van der Waals surface area (Å²) in [7, 11) is 0. The number of anilines is 2. The summed E-state index contributed by atoms with van der Waals surface area (Å²) >= 11 is 0. The Hall–Kier alpha value is -1.84. The first kappa shape index (κ1) is 13.2. The van der Waals surface area contributed by atoms with Crippen LogP contribution in [0.3, 0.4) is 0 Å². The second kappa shape index (κ2) is 5.27. The maximum absolute atomic E-state index is 12.1. The molecule has 4 nitrogen and oxygen atoms in total. The van der Waals surface area contributed by atoms with Gasteiger partial charge in [-0.1, -0.05) is 12.8 Å². The van der Waals surface area contributed by atoms with E-state index in [0.29, 0.717) is 0 Å². The van der Waals surface area contributed by atoms with Gasteiger partial charge in [0.15, 0.2) is 0 Å². The van der Waals surface area contributed by atoms with E-state index in [2.05, 4.69) is 5.32 Å². The molecule has 1 aliphatic carbocycles. The number of nitrogens with zero attached hydrogens (tertiary/aromatic N) is 1. The lowest BCUT2D eigenvalue weighted by atomic mass is 10.1. The fourth-order valence-corrected chi connectivity index (χ4v) is 3.24. The zero-order valence-corrected chi connectivity index (χ0v) is 11.8. The summed E-state index contributed by atoms with van der Waals surface area (Å²) in [5.41, 5.74) is 2.98. The minimum absolute atomic E-state index is 0.0755. The van der Waals surface area contributed by atoms with E-state index in [1.807, 2.05) is 18.2 Å². The van der Waals surface area contributed by atoms with E-state index in [1.165, 1.54) is 0 Å². The lowest BCUT2D eigenvalue weighted by Crippen LogP contribution is -2.25. The van der Waals surface area contributed by atoms with Crippen LogP contribution in [0, 0.1) is 5.92 Å². The summed E-state index contributed by atoms with van der Waals surface area (Å²) in [5.74, 6) is 0.396. The number of hydrogen-bond donors (Lipinski definition) is 1. The molecule has 3 rings (SSSR count). The van der Waals surface area contributed by atoms with Gasteiger partial charge in [-0.15, -0.1) is 0 Å². The molecule has 20 heavy (non-hydrogen) atoms. The molecule has 4 heteroatoms. The van der Waals surface area contributed by atoms with Gasteiger partial charge in [0.1, 0.15) is 0 Å². The van der Waals surface area contributed by atoms with Crippen molar-refractivity contribution in [3.8, 4) is 0 Å². The number of rotatable bonds is 2. The minimum atomic E-state index is 0.0755. The smallest absolute Gasteiger partial charge is 0.227 e. The van der Waals surface area contributed by atoms with Crippen molar-refractivity contribution < 1.29 is 9.59 Å². The van der Waals surface area contributed by atoms with E-state index in [-0.39, 0.29) is 17.7 Å². The van der Waals surface area contributed by atoms with Gasteiger partial charge in [-0.25, -0.2) is 0 Å². The highest BCUT2D eigenvalue weighted by molar-refractivity contribution is 5.96. The van der Waals surface area contributed by atoms with E-state index in [0.717, 1.165) is 55.6 Å². The van der Waals surface area contributed by atoms with Gasteiger partial charge < -0.3 is 10.2 Å². The van der Waals surface area contributed by atoms with Crippen molar-refractivity contribution in [2.24, 2.45) is 5.92 Å². The standard InChI is InChI=1S/C16H20N2O2/c1-11(19)18-9-8-13-10-14(6-7-15(13)18)17-16(20)12-4-2-3-5-12/h6-7,10,12H,2-5,8-9H2,1H3,(H,17,20). The first-order valence-corrected chi connectivity index (χ1v) is 7.37. The van der Waals surface area contributed by atoms with E-state index in [4.69, 9.17) is 0 Å². The van der Waals surface area contributed by atoms with Gasteiger partial charge in [0.2, 0.25) is 11.8 Å². The van der Waals surface area contributed by atoms with Crippen molar-refractivity contribution in [3.05, 3.63) is 23.8 Å². The number of nitrogens with one attached hydrogen (secondary N) is 1. The fourth-order valence-electron chi connectivity index (χ4n) is 3.24. The number of fused-ring (bicyclic) bond motifs is 1. The molecule has 0 bridgehead atoms. The minimum Gasteiger partial charge on any atom is -0.326 e. The highest BCUT2D eigenvalue weighted by Gasteiger charge is 2.24. The average molecular weight is 272 g/mol. The topological polar surface area (TPSA) is 49.4 Å². The van der Waals surface area contributed by atoms with Gasteiger partial charge >= 0.3 is 0 Å². The summed E-state index contributed by atoms with van der Waals surface area (Å²) < 4.78 is 0. The maximum atomic E-state index is 12.1. The van der Waals surface area contributed by atoms with Crippen LogP contribution in [0.25, 0.3) is 0 Å². The Morgan fingerprint density at radius 1 is 1.25 bits per heavy atom. The van der Waals surface area contributed by atoms with Crippen LogP contribution in [0.4, 0.5) is 11.4 Å². The van der Waals surface area contributed by atoms with Crippen LogP contribution in [0.2, 0.25) is 0 Å². The summed E-state index contributed by atoms with van der Waals surface area (Å²) in [4.78, 5) is 25.4. The Bertz CT molecular complexity index is 547. The zero-order valence-electron chi connectivity index (χ0n) is 11.8. The van der Waals surface area contributed by atoms with Gasteiger partial charge in [-0.05, 0) is 43.0 Å². The molecule has 0 radical (unpaired) electrons.